The molecular formula is C14H15FN2O2. The van der Waals surface area contributed by atoms with E-state index in [4.69, 9.17) is 15.0 Å². The summed E-state index contributed by atoms with van der Waals surface area (Å²) in [5.74, 6) is 0.0710. The van der Waals surface area contributed by atoms with Crippen molar-refractivity contribution in [3.05, 3.63) is 35.8 Å². The number of ether oxygens (including phenoxy) is 1. The Morgan fingerprint density at radius 3 is 2.68 bits per heavy atom. The smallest absolute Gasteiger partial charge is 0.230 e. The van der Waals surface area contributed by atoms with E-state index in [9.17, 15) is 4.39 Å². The molecule has 2 N–H and O–H groups in total. The number of rotatable bonds is 2. The average molecular weight is 262 g/mol. The van der Waals surface area contributed by atoms with Gasteiger partial charge >= 0.3 is 0 Å². The number of anilines is 1. The highest BCUT2D eigenvalue weighted by Gasteiger charge is 2.26. The van der Waals surface area contributed by atoms with E-state index in [0.717, 1.165) is 18.5 Å². The van der Waals surface area contributed by atoms with Gasteiger partial charge in [-0.2, -0.15) is 0 Å². The van der Waals surface area contributed by atoms with E-state index < -0.39 is 0 Å². The van der Waals surface area contributed by atoms with Crippen molar-refractivity contribution in [2.24, 2.45) is 0 Å². The lowest BCUT2D eigenvalue weighted by atomic mass is 9.91. The van der Waals surface area contributed by atoms with Gasteiger partial charge in [-0.3, -0.25) is 0 Å². The lowest BCUT2D eigenvalue weighted by molar-refractivity contribution is 0.0839. The second kappa shape index (κ2) is 5.01. The molecule has 1 aliphatic rings. The molecule has 1 aliphatic heterocycles. The first kappa shape index (κ1) is 12.2. The first-order valence-corrected chi connectivity index (χ1v) is 6.35. The highest BCUT2D eigenvalue weighted by atomic mass is 19.1. The first-order valence-electron chi connectivity index (χ1n) is 6.35. The Balaban J connectivity index is 2.06. The number of halogens is 1. The Hall–Kier alpha value is -1.88. The maximum absolute atomic E-state index is 13.9. The summed E-state index contributed by atoms with van der Waals surface area (Å²) in [5.41, 5.74) is 7.60. The number of hydrogen-bond acceptors (Lipinski definition) is 4. The van der Waals surface area contributed by atoms with Crippen LogP contribution in [0.1, 0.15) is 24.5 Å². The van der Waals surface area contributed by atoms with Gasteiger partial charge in [0.2, 0.25) is 5.88 Å². The van der Waals surface area contributed by atoms with E-state index >= 15 is 0 Å². The summed E-state index contributed by atoms with van der Waals surface area (Å²) in [6.07, 6.45) is 1.71. The maximum Gasteiger partial charge on any atom is 0.230 e. The van der Waals surface area contributed by atoms with Gasteiger partial charge in [0.1, 0.15) is 5.82 Å². The zero-order valence-electron chi connectivity index (χ0n) is 10.4. The van der Waals surface area contributed by atoms with Crippen LogP contribution in [-0.2, 0) is 4.74 Å². The van der Waals surface area contributed by atoms with E-state index in [0.29, 0.717) is 24.3 Å². The summed E-state index contributed by atoms with van der Waals surface area (Å²) < 4.78 is 24.3. The minimum absolute atomic E-state index is 0.173. The van der Waals surface area contributed by atoms with Gasteiger partial charge in [0.05, 0.1) is 11.3 Å². The van der Waals surface area contributed by atoms with Crippen molar-refractivity contribution in [2.75, 3.05) is 18.9 Å². The predicted molar refractivity (Wildman–Crippen MR) is 69.1 cm³/mol. The second-order valence-electron chi connectivity index (χ2n) is 4.67. The molecule has 1 aromatic heterocycles. The third-order valence-corrected chi connectivity index (χ3v) is 3.50. The van der Waals surface area contributed by atoms with Gasteiger partial charge in [0.15, 0.2) is 0 Å². The molecule has 5 heteroatoms. The molecule has 2 aromatic rings. The molecule has 1 fully saturated rings. The number of hydrogen-bond donors (Lipinski definition) is 1. The Morgan fingerprint density at radius 1 is 1.21 bits per heavy atom. The molecule has 0 saturated carbocycles. The Labute approximate surface area is 110 Å². The molecule has 3 rings (SSSR count). The normalized spacial score (nSPS) is 16.7. The van der Waals surface area contributed by atoms with E-state index in [1.165, 1.54) is 6.07 Å². The fourth-order valence-corrected chi connectivity index (χ4v) is 2.50. The van der Waals surface area contributed by atoms with Gasteiger partial charge in [0, 0.05) is 24.7 Å². The van der Waals surface area contributed by atoms with E-state index in [1.807, 2.05) is 0 Å². The number of nitrogen functional groups attached to an aromatic ring is 1. The lowest BCUT2D eigenvalue weighted by Gasteiger charge is -2.20. The van der Waals surface area contributed by atoms with Gasteiger partial charge in [0.25, 0.3) is 0 Å². The first-order chi connectivity index (χ1) is 9.27. The molecule has 1 aromatic carbocycles. The highest BCUT2D eigenvalue weighted by Crippen LogP contribution is 2.38. The van der Waals surface area contributed by atoms with Gasteiger partial charge in [-0.1, -0.05) is 23.4 Å². The molecule has 0 amide bonds. The molecule has 4 nitrogen and oxygen atoms in total. The van der Waals surface area contributed by atoms with Crippen molar-refractivity contribution in [3.63, 3.8) is 0 Å². The fourth-order valence-electron chi connectivity index (χ4n) is 2.50. The quantitative estimate of drug-likeness (QED) is 0.903. The molecule has 100 valence electrons. The molecule has 0 atom stereocenters. The summed E-state index contributed by atoms with van der Waals surface area (Å²) in [6, 6.07) is 6.53. The lowest BCUT2D eigenvalue weighted by Crippen LogP contribution is -2.15. The third kappa shape index (κ3) is 2.21. The Bertz CT molecular complexity index is 577. The van der Waals surface area contributed by atoms with Gasteiger partial charge < -0.3 is 15.0 Å². The molecule has 0 unspecified atom stereocenters. The van der Waals surface area contributed by atoms with Crippen LogP contribution >= 0.6 is 0 Å². The number of nitrogens with zero attached hydrogens (tertiary/aromatic N) is 1. The number of benzene rings is 1. The van der Waals surface area contributed by atoms with Crippen molar-refractivity contribution in [1.82, 2.24) is 5.16 Å². The van der Waals surface area contributed by atoms with Crippen LogP contribution in [0.15, 0.2) is 28.8 Å². The van der Waals surface area contributed by atoms with Crippen LogP contribution in [0.25, 0.3) is 11.1 Å². The summed E-state index contributed by atoms with van der Waals surface area (Å²) in [4.78, 5) is 0. The molecule has 0 spiro atoms. The molecule has 0 bridgehead atoms. The van der Waals surface area contributed by atoms with Gasteiger partial charge in [-0.05, 0) is 18.9 Å². The summed E-state index contributed by atoms with van der Waals surface area (Å²) in [6.45, 7) is 1.38. The van der Waals surface area contributed by atoms with Crippen LogP contribution < -0.4 is 5.73 Å². The monoisotopic (exact) mass is 262 g/mol. The van der Waals surface area contributed by atoms with Crippen molar-refractivity contribution in [1.29, 1.82) is 0 Å². The SMILES string of the molecule is Nc1onc(C2CCOCC2)c1-c1ccccc1F. The van der Waals surface area contributed by atoms with Crippen molar-refractivity contribution in [3.8, 4) is 11.1 Å². The Morgan fingerprint density at radius 2 is 1.95 bits per heavy atom. The summed E-state index contributed by atoms with van der Waals surface area (Å²) in [7, 11) is 0. The molecule has 2 heterocycles. The van der Waals surface area contributed by atoms with Crippen LogP contribution in [0.5, 0.6) is 0 Å². The maximum atomic E-state index is 13.9. The van der Waals surface area contributed by atoms with E-state index in [2.05, 4.69) is 5.16 Å². The van der Waals surface area contributed by atoms with Crippen LogP contribution in [0, 0.1) is 5.82 Å². The standard InChI is InChI=1S/C14H15FN2O2/c15-11-4-2-1-3-10(11)12-13(17-19-14(12)16)9-5-7-18-8-6-9/h1-4,9H,5-8,16H2. The van der Waals surface area contributed by atoms with Crippen LogP contribution in [-0.4, -0.2) is 18.4 Å². The van der Waals surface area contributed by atoms with Crippen LogP contribution in [0.2, 0.25) is 0 Å². The summed E-state index contributed by atoms with van der Waals surface area (Å²) in [5, 5.41) is 4.03. The van der Waals surface area contributed by atoms with Gasteiger partial charge in [-0.15, -0.1) is 0 Å². The van der Waals surface area contributed by atoms with Crippen LogP contribution in [0.3, 0.4) is 0 Å². The zero-order valence-corrected chi connectivity index (χ0v) is 10.4. The third-order valence-electron chi connectivity index (χ3n) is 3.50. The predicted octanol–water partition coefficient (Wildman–Crippen LogP) is 2.96. The largest absolute Gasteiger partial charge is 0.381 e. The summed E-state index contributed by atoms with van der Waals surface area (Å²) >= 11 is 0. The van der Waals surface area contributed by atoms with E-state index in [1.54, 1.807) is 18.2 Å². The fraction of sp³-hybridized carbons (Fsp3) is 0.357. The highest BCUT2D eigenvalue weighted by molar-refractivity contribution is 5.76. The minimum atomic E-state index is -0.314. The van der Waals surface area contributed by atoms with Gasteiger partial charge in [-0.25, -0.2) is 4.39 Å². The second-order valence-corrected chi connectivity index (χ2v) is 4.67. The average Bonchev–Trinajstić information content (AvgIpc) is 2.82. The zero-order chi connectivity index (χ0) is 13.2. The number of nitrogens with two attached hydrogens (primary N) is 1. The molecule has 0 aliphatic carbocycles. The Kier molecular flexibility index (Phi) is 3.21. The van der Waals surface area contributed by atoms with Crippen molar-refractivity contribution >= 4 is 5.88 Å². The number of aromatic nitrogens is 1. The van der Waals surface area contributed by atoms with Crippen LogP contribution in [0.4, 0.5) is 10.3 Å². The molecule has 19 heavy (non-hydrogen) atoms. The van der Waals surface area contributed by atoms with E-state index in [-0.39, 0.29) is 17.6 Å². The molecule has 1 saturated heterocycles. The molecular weight excluding hydrogens is 247 g/mol. The topological polar surface area (TPSA) is 61.3 Å². The minimum Gasteiger partial charge on any atom is -0.381 e. The molecule has 0 radical (unpaired) electrons. The van der Waals surface area contributed by atoms with Crippen molar-refractivity contribution < 1.29 is 13.7 Å². The van der Waals surface area contributed by atoms with Crippen molar-refractivity contribution in [2.45, 2.75) is 18.8 Å².